The molecule has 1 aromatic carbocycles. The molecular weight excluding hydrogens is 471 g/mol. The van der Waals surface area contributed by atoms with Crippen molar-refractivity contribution in [1.82, 2.24) is 19.7 Å². The normalized spacial score (nSPS) is 17.3. The van der Waals surface area contributed by atoms with Gasteiger partial charge in [0.15, 0.2) is 11.4 Å². The van der Waals surface area contributed by atoms with Crippen molar-refractivity contribution in [3.8, 4) is 5.75 Å². The van der Waals surface area contributed by atoms with E-state index in [1.54, 1.807) is 11.8 Å². The van der Waals surface area contributed by atoms with E-state index >= 15 is 0 Å². The maximum atomic E-state index is 13.2. The molecule has 0 bridgehead atoms. The molecule has 0 aliphatic carbocycles. The van der Waals surface area contributed by atoms with E-state index in [0.29, 0.717) is 31.7 Å². The number of benzene rings is 1. The van der Waals surface area contributed by atoms with Crippen LogP contribution in [-0.4, -0.2) is 69.7 Å². The maximum absolute atomic E-state index is 13.2. The number of halogens is 1. The summed E-state index contributed by atoms with van der Waals surface area (Å²) in [5.41, 5.74) is -0.713. The van der Waals surface area contributed by atoms with Gasteiger partial charge in [0.25, 0.3) is 11.8 Å². The largest absolute Gasteiger partial charge is 0.503 e. The fourth-order valence-electron chi connectivity index (χ4n) is 4.68. The van der Waals surface area contributed by atoms with Gasteiger partial charge in [-0.3, -0.25) is 24.1 Å². The zero-order valence-electron chi connectivity index (χ0n) is 20.0. The molecule has 1 saturated heterocycles. The number of fused-ring (bicyclic) bond motifs is 2. The third-order valence-electron chi connectivity index (χ3n) is 6.45. The number of nitrogens with zero attached hydrogens (tertiary/aromatic N) is 3. The second-order valence-electron chi connectivity index (χ2n) is 8.81. The lowest BCUT2D eigenvalue weighted by molar-refractivity contribution is -0.143. The van der Waals surface area contributed by atoms with Crippen molar-refractivity contribution in [1.29, 1.82) is 0 Å². The van der Waals surface area contributed by atoms with Crippen molar-refractivity contribution in [2.24, 2.45) is 0 Å². The summed E-state index contributed by atoms with van der Waals surface area (Å²) in [5, 5.41) is 13.2. The highest BCUT2D eigenvalue weighted by Crippen LogP contribution is 2.28. The number of nitrogens with one attached hydrogen (secondary N) is 1. The molecule has 1 atom stereocenters. The van der Waals surface area contributed by atoms with Crippen LogP contribution in [0.5, 0.6) is 5.75 Å². The molecular formula is C25H29FN4O6. The Labute approximate surface area is 207 Å². The first-order valence-corrected chi connectivity index (χ1v) is 12.0. The predicted octanol–water partition coefficient (Wildman–Crippen LogP) is 1.45. The Morgan fingerprint density at radius 3 is 2.67 bits per heavy atom. The Morgan fingerprint density at radius 2 is 1.94 bits per heavy atom. The number of aromatic nitrogens is 1. The van der Waals surface area contributed by atoms with Crippen LogP contribution in [0.3, 0.4) is 0 Å². The molecule has 10 nitrogen and oxygen atoms in total. The van der Waals surface area contributed by atoms with Gasteiger partial charge in [-0.05, 0) is 37.5 Å². The molecule has 0 saturated carbocycles. The zero-order chi connectivity index (χ0) is 25.8. The molecule has 36 heavy (non-hydrogen) atoms. The van der Waals surface area contributed by atoms with Gasteiger partial charge in [-0.1, -0.05) is 12.1 Å². The van der Waals surface area contributed by atoms with Crippen LogP contribution in [0.4, 0.5) is 4.39 Å². The fourth-order valence-corrected chi connectivity index (χ4v) is 4.68. The van der Waals surface area contributed by atoms with Crippen molar-refractivity contribution >= 4 is 17.8 Å². The van der Waals surface area contributed by atoms with Gasteiger partial charge < -0.3 is 24.6 Å². The van der Waals surface area contributed by atoms with Crippen LogP contribution in [0, 0.1) is 5.82 Å². The van der Waals surface area contributed by atoms with Crippen molar-refractivity contribution in [2.75, 3.05) is 26.2 Å². The minimum atomic E-state index is -0.923. The summed E-state index contributed by atoms with van der Waals surface area (Å²) in [5.74, 6) is -2.62. The number of pyridine rings is 1. The molecule has 192 valence electrons. The minimum Gasteiger partial charge on any atom is -0.503 e. The van der Waals surface area contributed by atoms with Crippen LogP contribution in [0.25, 0.3) is 0 Å². The molecule has 1 aromatic heterocycles. The summed E-state index contributed by atoms with van der Waals surface area (Å²) in [6, 6.07) is 5.56. The van der Waals surface area contributed by atoms with Crippen molar-refractivity contribution in [3.63, 3.8) is 0 Å². The lowest BCUT2D eigenvalue weighted by Gasteiger charge is -2.47. The third kappa shape index (κ3) is 5.25. The minimum absolute atomic E-state index is 0.0602. The lowest BCUT2D eigenvalue weighted by Crippen LogP contribution is -2.61. The molecule has 2 aliphatic heterocycles. The Bertz CT molecular complexity index is 1210. The Morgan fingerprint density at radius 1 is 1.19 bits per heavy atom. The van der Waals surface area contributed by atoms with E-state index in [4.69, 9.17) is 4.74 Å². The molecule has 4 rings (SSSR count). The van der Waals surface area contributed by atoms with Crippen LogP contribution in [-0.2, 0) is 22.6 Å². The summed E-state index contributed by atoms with van der Waals surface area (Å²) in [6.45, 7) is 4.17. The molecule has 3 heterocycles. The number of carbonyl (C=O) groups excluding carboxylic acids is 3. The average molecular weight is 501 g/mol. The number of carbonyl (C=O) groups is 3. The van der Waals surface area contributed by atoms with E-state index in [1.807, 2.05) is 0 Å². The van der Waals surface area contributed by atoms with Crippen LogP contribution >= 0.6 is 0 Å². The number of esters is 1. The van der Waals surface area contributed by atoms with Gasteiger partial charge >= 0.3 is 5.97 Å². The van der Waals surface area contributed by atoms with Crippen LogP contribution < -0.4 is 10.7 Å². The number of hydrogen-bond acceptors (Lipinski definition) is 7. The third-order valence-corrected chi connectivity index (χ3v) is 6.45. The first-order valence-electron chi connectivity index (χ1n) is 12.0. The Hall–Kier alpha value is -3.73. The standard InChI is InChI=1S/C25H29FN4O6/c1-2-36-20(31)5-3-10-28-11-4-12-30-19(28)15-29-14-18(22(32)23(33)21(29)25(30)35)24(34)27-13-16-6-8-17(26)9-7-16/h6-9,14,19,33H,2-5,10-13,15H2,1H3,(H,27,34). The second kappa shape index (κ2) is 10.9. The number of hydrogen-bond donors (Lipinski definition) is 2. The molecule has 0 spiro atoms. The van der Waals surface area contributed by atoms with Crippen molar-refractivity contribution in [3.05, 3.63) is 63.3 Å². The monoisotopic (exact) mass is 500 g/mol. The summed E-state index contributed by atoms with van der Waals surface area (Å²) in [6.07, 6.45) is 2.52. The Balaban J connectivity index is 1.52. The molecule has 2 amide bonds. The highest BCUT2D eigenvalue weighted by atomic mass is 19.1. The number of rotatable bonds is 8. The first kappa shape index (κ1) is 25.4. The van der Waals surface area contributed by atoms with E-state index in [2.05, 4.69) is 10.2 Å². The molecule has 1 unspecified atom stereocenters. The van der Waals surface area contributed by atoms with Crippen molar-refractivity contribution in [2.45, 2.75) is 45.4 Å². The molecule has 2 aromatic rings. The average Bonchev–Trinajstić information content (AvgIpc) is 2.86. The highest BCUT2D eigenvalue weighted by molar-refractivity contribution is 5.99. The Kier molecular flexibility index (Phi) is 7.68. The van der Waals surface area contributed by atoms with Gasteiger partial charge in [0.05, 0.1) is 13.2 Å². The fraction of sp³-hybridized carbons (Fsp3) is 0.440. The lowest BCUT2D eigenvalue weighted by atomic mass is 10.1. The summed E-state index contributed by atoms with van der Waals surface area (Å²) in [7, 11) is 0. The van der Waals surface area contributed by atoms with Crippen molar-refractivity contribution < 1.29 is 28.6 Å². The quantitative estimate of drug-likeness (QED) is 0.527. The van der Waals surface area contributed by atoms with E-state index < -0.39 is 28.8 Å². The SMILES string of the molecule is CCOC(=O)CCCN1CCCN2C(=O)c3c(O)c(=O)c(C(=O)NCc4ccc(F)cc4)cn3CC12. The van der Waals surface area contributed by atoms with Gasteiger partial charge in [0.1, 0.15) is 17.5 Å². The van der Waals surface area contributed by atoms with Gasteiger partial charge in [-0.2, -0.15) is 0 Å². The van der Waals surface area contributed by atoms with Gasteiger partial charge in [0, 0.05) is 38.8 Å². The molecule has 2 N–H and O–H groups in total. The molecule has 1 fully saturated rings. The summed E-state index contributed by atoms with van der Waals surface area (Å²) in [4.78, 5) is 54.2. The second-order valence-corrected chi connectivity index (χ2v) is 8.81. The highest BCUT2D eigenvalue weighted by Gasteiger charge is 2.40. The summed E-state index contributed by atoms with van der Waals surface area (Å²) < 4.78 is 19.5. The number of amides is 2. The van der Waals surface area contributed by atoms with Crippen LogP contribution in [0.1, 0.15) is 52.6 Å². The summed E-state index contributed by atoms with van der Waals surface area (Å²) >= 11 is 0. The maximum Gasteiger partial charge on any atom is 0.305 e. The van der Waals surface area contributed by atoms with Gasteiger partial charge in [-0.25, -0.2) is 4.39 Å². The van der Waals surface area contributed by atoms with E-state index in [9.17, 15) is 28.7 Å². The first-order chi connectivity index (χ1) is 17.3. The zero-order valence-corrected chi connectivity index (χ0v) is 20.0. The predicted molar refractivity (Wildman–Crippen MR) is 127 cm³/mol. The van der Waals surface area contributed by atoms with Gasteiger partial charge in [0.2, 0.25) is 5.43 Å². The topological polar surface area (TPSA) is 121 Å². The van der Waals surface area contributed by atoms with E-state index in [0.717, 1.165) is 13.0 Å². The number of ether oxygens (including phenoxy) is 1. The van der Waals surface area contributed by atoms with Crippen LogP contribution in [0.2, 0.25) is 0 Å². The van der Waals surface area contributed by atoms with Crippen LogP contribution in [0.15, 0.2) is 35.3 Å². The number of aromatic hydroxyl groups is 1. The smallest absolute Gasteiger partial charge is 0.305 e. The molecule has 0 radical (unpaired) electrons. The van der Waals surface area contributed by atoms with E-state index in [-0.39, 0.29) is 42.9 Å². The van der Waals surface area contributed by atoms with E-state index in [1.165, 1.54) is 35.0 Å². The molecule has 11 heteroatoms. The van der Waals surface area contributed by atoms with Gasteiger partial charge in [-0.15, -0.1) is 0 Å². The molecule has 2 aliphatic rings.